The molecule has 0 heterocycles. The Balaban J connectivity index is 2.34. The van der Waals surface area contributed by atoms with Gasteiger partial charge in [-0.05, 0) is 60.1 Å². The van der Waals surface area contributed by atoms with Crippen molar-refractivity contribution < 1.29 is 4.79 Å². The van der Waals surface area contributed by atoms with Gasteiger partial charge in [0.2, 0.25) is 0 Å². The Morgan fingerprint density at radius 3 is 2.67 bits per heavy atom. The third-order valence-corrected chi connectivity index (χ3v) is 4.08. The highest BCUT2D eigenvalue weighted by molar-refractivity contribution is 6.08. The molecule has 0 aromatic heterocycles. The summed E-state index contributed by atoms with van der Waals surface area (Å²) in [4.78, 5) is 11.8. The van der Waals surface area contributed by atoms with E-state index in [1.807, 2.05) is 6.07 Å². The smallest absolute Gasteiger partial charge is 0.160 e. The molecule has 0 bridgehead atoms. The van der Waals surface area contributed by atoms with Gasteiger partial charge in [0.25, 0.3) is 0 Å². The standard InChI is InChI=1S/C17H18O/c1-11-7-8-14-13(9-11)10-17(12(2)18)16-6-4-3-5-15(14)16/h3-6,10-11H,7-9H2,1-2H3. The molecule has 18 heavy (non-hydrogen) atoms. The van der Waals surface area contributed by atoms with E-state index in [1.165, 1.54) is 22.9 Å². The number of Topliss-reactive ketones (excluding diaryl/α,β-unsaturated/α-hetero) is 1. The average molecular weight is 238 g/mol. The molecule has 0 spiro atoms. The SMILES string of the molecule is CC(=O)c1cc2c(c3ccccc13)CCC(C)C2. The van der Waals surface area contributed by atoms with E-state index in [4.69, 9.17) is 0 Å². The lowest BCUT2D eigenvalue weighted by Gasteiger charge is -2.24. The number of hydrogen-bond acceptors (Lipinski definition) is 1. The first-order valence-electron chi connectivity index (χ1n) is 6.71. The van der Waals surface area contributed by atoms with E-state index in [0.717, 1.165) is 29.7 Å². The molecule has 0 saturated carbocycles. The number of fused-ring (bicyclic) bond motifs is 3. The molecule has 1 aliphatic rings. The summed E-state index contributed by atoms with van der Waals surface area (Å²) in [5.74, 6) is 0.908. The Morgan fingerprint density at radius 1 is 1.22 bits per heavy atom. The summed E-state index contributed by atoms with van der Waals surface area (Å²) in [7, 11) is 0. The van der Waals surface area contributed by atoms with Gasteiger partial charge in [-0.3, -0.25) is 4.79 Å². The molecular formula is C17H18O. The fourth-order valence-corrected chi connectivity index (χ4v) is 3.13. The van der Waals surface area contributed by atoms with Gasteiger partial charge in [-0.15, -0.1) is 0 Å². The maximum Gasteiger partial charge on any atom is 0.160 e. The van der Waals surface area contributed by atoms with Crippen LogP contribution >= 0.6 is 0 Å². The fourth-order valence-electron chi connectivity index (χ4n) is 3.13. The van der Waals surface area contributed by atoms with Gasteiger partial charge in [0.1, 0.15) is 0 Å². The summed E-state index contributed by atoms with van der Waals surface area (Å²) in [5.41, 5.74) is 3.74. The molecular weight excluding hydrogens is 220 g/mol. The van der Waals surface area contributed by atoms with Gasteiger partial charge in [0.05, 0.1) is 0 Å². The van der Waals surface area contributed by atoms with E-state index in [9.17, 15) is 4.79 Å². The van der Waals surface area contributed by atoms with Crippen LogP contribution in [0.4, 0.5) is 0 Å². The zero-order valence-corrected chi connectivity index (χ0v) is 11.0. The second-order valence-corrected chi connectivity index (χ2v) is 5.51. The summed E-state index contributed by atoms with van der Waals surface area (Å²) in [6, 6.07) is 10.5. The molecule has 1 atom stereocenters. The van der Waals surface area contributed by atoms with Crippen LogP contribution in [-0.4, -0.2) is 5.78 Å². The summed E-state index contributed by atoms with van der Waals surface area (Å²) in [6.07, 6.45) is 3.52. The van der Waals surface area contributed by atoms with Crippen LogP contribution < -0.4 is 0 Å². The van der Waals surface area contributed by atoms with Gasteiger partial charge >= 0.3 is 0 Å². The summed E-state index contributed by atoms with van der Waals surface area (Å²) >= 11 is 0. The minimum absolute atomic E-state index is 0.173. The lowest BCUT2D eigenvalue weighted by Crippen LogP contribution is -2.13. The van der Waals surface area contributed by atoms with Gasteiger partial charge in [-0.25, -0.2) is 0 Å². The molecule has 1 aliphatic carbocycles. The first-order chi connectivity index (χ1) is 8.66. The Morgan fingerprint density at radius 2 is 1.94 bits per heavy atom. The molecule has 1 nitrogen and oxygen atoms in total. The quantitative estimate of drug-likeness (QED) is 0.681. The number of rotatable bonds is 1. The zero-order chi connectivity index (χ0) is 12.7. The summed E-state index contributed by atoms with van der Waals surface area (Å²) in [5, 5.41) is 2.41. The van der Waals surface area contributed by atoms with Crippen LogP contribution in [0, 0.1) is 5.92 Å². The molecule has 2 aromatic rings. The van der Waals surface area contributed by atoms with Crippen LogP contribution in [-0.2, 0) is 12.8 Å². The maximum absolute atomic E-state index is 11.8. The van der Waals surface area contributed by atoms with Gasteiger partial charge in [0, 0.05) is 5.56 Å². The molecule has 0 fully saturated rings. The van der Waals surface area contributed by atoms with Crippen molar-refractivity contribution in [1.82, 2.24) is 0 Å². The largest absolute Gasteiger partial charge is 0.294 e. The fraction of sp³-hybridized carbons (Fsp3) is 0.353. The van der Waals surface area contributed by atoms with Crippen molar-refractivity contribution in [2.75, 3.05) is 0 Å². The van der Waals surface area contributed by atoms with Crippen molar-refractivity contribution in [2.24, 2.45) is 5.92 Å². The van der Waals surface area contributed by atoms with E-state index >= 15 is 0 Å². The topological polar surface area (TPSA) is 17.1 Å². The van der Waals surface area contributed by atoms with Crippen molar-refractivity contribution in [3.05, 3.63) is 47.0 Å². The second kappa shape index (κ2) is 4.24. The first-order valence-corrected chi connectivity index (χ1v) is 6.71. The highest BCUT2D eigenvalue weighted by Gasteiger charge is 2.20. The van der Waals surface area contributed by atoms with Crippen LogP contribution in [0.3, 0.4) is 0 Å². The van der Waals surface area contributed by atoms with Gasteiger partial charge < -0.3 is 0 Å². The van der Waals surface area contributed by atoms with Gasteiger partial charge in [0.15, 0.2) is 5.78 Å². The van der Waals surface area contributed by atoms with Crippen molar-refractivity contribution >= 4 is 16.6 Å². The van der Waals surface area contributed by atoms with Crippen LogP contribution in [0.25, 0.3) is 10.8 Å². The number of aryl methyl sites for hydroxylation is 1. The highest BCUT2D eigenvalue weighted by atomic mass is 16.1. The lowest BCUT2D eigenvalue weighted by molar-refractivity contribution is 0.101. The van der Waals surface area contributed by atoms with Gasteiger partial charge in [-0.1, -0.05) is 31.2 Å². The van der Waals surface area contributed by atoms with Crippen molar-refractivity contribution in [1.29, 1.82) is 0 Å². The third kappa shape index (κ3) is 1.74. The predicted molar refractivity (Wildman–Crippen MR) is 75.1 cm³/mol. The highest BCUT2D eigenvalue weighted by Crippen LogP contribution is 2.33. The number of hydrogen-bond donors (Lipinski definition) is 0. The van der Waals surface area contributed by atoms with Crippen LogP contribution in [0.2, 0.25) is 0 Å². The molecule has 92 valence electrons. The third-order valence-electron chi connectivity index (χ3n) is 4.08. The molecule has 1 heteroatoms. The summed E-state index contributed by atoms with van der Waals surface area (Å²) < 4.78 is 0. The van der Waals surface area contributed by atoms with E-state index < -0.39 is 0 Å². The number of ketones is 1. The van der Waals surface area contributed by atoms with Gasteiger partial charge in [-0.2, -0.15) is 0 Å². The van der Waals surface area contributed by atoms with Crippen LogP contribution in [0.15, 0.2) is 30.3 Å². The van der Waals surface area contributed by atoms with E-state index in [-0.39, 0.29) is 5.78 Å². The Kier molecular flexibility index (Phi) is 2.70. The van der Waals surface area contributed by atoms with Crippen LogP contribution in [0.5, 0.6) is 0 Å². The molecule has 0 saturated heterocycles. The molecule has 0 radical (unpaired) electrons. The lowest BCUT2D eigenvalue weighted by atomic mass is 9.81. The predicted octanol–water partition coefficient (Wildman–Crippen LogP) is 4.17. The average Bonchev–Trinajstić information content (AvgIpc) is 2.37. The van der Waals surface area contributed by atoms with E-state index in [2.05, 4.69) is 31.2 Å². The second-order valence-electron chi connectivity index (χ2n) is 5.51. The molecule has 2 aromatic carbocycles. The van der Waals surface area contributed by atoms with Crippen molar-refractivity contribution in [2.45, 2.75) is 33.1 Å². The molecule has 3 rings (SSSR count). The Bertz CT molecular complexity index is 625. The van der Waals surface area contributed by atoms with E-state index in [1.54, 1.807) is 6.92 Å². The summed E-state index contributed by atoms with van der Waals surface area (Å²) in [6.45, 7) is 3.96. The monoisotopic (exact) mass is 238 g/mol. The zero-order valence-electron chi connectivity index (χ0n) is 11.0. The molecule has 0 amide bonds. The number of carbonyl (C=O) groups is 1. The number of benzene rings is 2. The van der Waals surface area contributed by atoms with Crippen LogP contribution in [0.1, 0.15) is 41.8 Å². The molecule has 0 N–H and O–H groups in total. The first kappa shape index (κ1) is 11.5. The molecule has 1 unspecified atom stereocenters. The van der Waals surface area contributed by atoms with E-state index in [0.29, 0.717) is 0 Å². The molecule has 0 aliphatic heterocycles. The minimum atomic E-state index is 0.173. The maximum atomic E-state index is 11.8. The number of carbonyl (C=O) groups excluding carboxylic acids is 1. The minimum Gasteiger partial charge on any atom is -0.294 e. The van der Waals surface area contributed by atoms with Crippen molar-refractivity contribution in [3.8, 4) is 0 Å². The van der Waals surface area contributed by atoms with Crippen molar-refractivity contribution in [3.63, 3.8) is 0 Å². The Labute approximate surface area is 108 Å². The normalized spacial score (nSPS) is 18.7. The Hall–Kier alpha value is -1.63.